The van der Waals surface area contributed by atoms with Crippen LogP contribution in [0, 0.1) is 5.82 Å². The summed E-state index contributed by atoms with van der Waals surface area (Å²) in [6, 6.07) is 14.4. The molecule has 1 atom stereocenters. The van der Waals surface area contributed by atoms with E-state index in [1.807, 2.05) is 50.2 Å². The van der Waals surface area contributed by atoms with E-state index in [1.165, 1.54) is 23.5 Å². The maximum Gasteiger partial charge on any atom is 0.282 e. The minimum absolute atomic E-state index is 0.00428. The summed E-state index contributed by atoms with van der Waals surface area (Å²) in [5.41, 5.74) is 2.43. The molecule has 0 bridgehead atoms. The molecular weight excluding hydrogens is 465 g/mol. The van der Waals surface area contributed by atoms with Gasteiger partial charge in [0.05, 0.1) is 5.52 Å². The lowest BCUT2D eigenvalue weighted by atomic mass is 10.0. The van der Waals surface area contributed by atoms with E-state index in [-0.39, 0.29) is 29.7 Å². The van der Waals surface area contributed by atoms with E-state index in [1.54, 1.807) is 18.3 Å². The minimum Gasteiger partial charge on any atom is -0.335 e. The number of carbonyl (C=O) groups is 2. The number of rotatable bonds is 5. The van der Waals surface area contributed by atoms with Crippen molar-refractivity contribution in [1.29, 1.82) is 0 Å². The number of carbonyl (C=O) groups excluding carboxylic acids is 2. The van der Waals surface area contributed by atoms with E-state index >= 15 is 0 Å². The molecule has 0 spiro atoms. The van der Waals surface area contributed by atoms with Gasteiger partial charge in [0.25, 0.3) is 11.8 Å². The summed E-state index contributed by atoms with van der Waals surface area (Å²) in [6.45, 7) is 2.67. The van der Waals surface area contributed by atoms with Gasteiger partial charge in [-0.2, -0.15) is 0 Å². The highest BCUT2D eigenvalue weighted by Crippen LogP contribution is 2.26. The summed E-state index contributed by atoms with van der Waals surface area (Å²) in [7, 11) is 0. The number of aromatic nitrogens is 2. The molecule has 0 aliphatic carbocycles. The Bertz CT molecular complexity index is 1380. The van der Waals surface area contributed by atoms with Gasteiger partial charge in [0.2, 0.25) is 0 Å². The maximum absolute atomic E-state index is 13.3. The first-order chi connectivity index (χ1) is 17.1. The quantitative estimate of drug-likeness (QED) is 0.466. The molecule has 2 amide bonds. The summed E-state index contributed by atoms with van der Waals surface area (Å²) in [6.07, 6.45) is 4.47. The summed E-state index contributed by atoms with van der Waals surface area (Å²) >= 11 is 1.37. The van der Waals surface area contributed by atoms with Crippen LogP contribution in [0.1, 0.15) is 26.6 Å². The Morgan fingerprint density at radius 3 is 2.54 bits per heavy atom. The summed E-state index contributed by atoms with van der Waals surface area (Å²) in [5, 5.41) is 6.84. The third kappa shape index (κ3) is 4.11. The molecule has 2 aromatic carbocycles. The van der Waals surface area contributed by atoms with Crippen molar-refractivity contribution >= 4 is 34.1 Å². The number of fused-ring (bicyclic) bond motifs is 1. The van der Waals surface area contributed by atoms with Crippen LogP contribution in [0.2, 0.25) is 0 Å². The largest absolute Gasteiger partial charge is 0.335 e. The van der Waals surface area contributed by atoms with Gasteiger partial charge in [-0.15, -0.1) is 11.3 Å². The monoisotopic (exact) mass is 489 g/mol. The predicted molar refractivity (Wildman–Crippen MR) is 132 cm³/mol. The summed E-state index contributed by atoms with van der Waals surface area (Å²) in [5.74, 6) is -0.272. The molecule has 2 aliphatic heterocycles. The Kier molecular flexibility index (Phi) is 5.58. The van der Waals surface area contributed by atoms with E-state index in [0.717, 1.165) is 29.6 Å². The van der Waals surface area contributed by atoms with E-state index in [4.69, 9.17) is 0 Å². The number of likely N-dealkylation sites (tertiary alicyclic amines) is 2. The second kappa shape index (κ2) is 8.90. The molecule has 2 fully saturated rings. The molecule has 0 saturated carbocycles. The highest BCUT2D eigenvalue weighted by Gasteiger charge is 2.36. The third-order valence-corrected chi connectivity index (χ3v) is 7.56. The van der Waals surface area contributed by atoms with Crippen molar-refractivity contribution in [2.75, 3.05) is 26.2 Å². The van der Waals surface area contributed by atoms with Crippen LogP contribution in [-0.2, 0) is 0 Å². The van der Waals surface area contributed by atoms with Crippen molar-refractivity contribution in [2.45, 2.75) is 18.5 Å². The van der Waals surface area contributed by atoms with Gasteiger partial charge in [-0.3, -0.25) is 9.59 Å². The molecule has 1 N–H and O–H groups in total. The fourth-order valence-electron chi connectivity index (χ4n) is 4.98. The average molecular weight is 490 g/mol. The van der Waals surface area contributed by atoms with Crippen LogP contribution < -0.4 is 5.32 Å². The smallest absolute Gasteiger partial charge is 0.282 e. The first-order valence-electron chi connectivity index (χ1n) is 11.7. The Morgan fingerprint density at radius 1 is 0.971 bits per heavy atom. The molecule has 4 heterocycles. The molecule has 0 radical (unpaired) electrons. The highest BCUT2D eigenvalue weighted by molar-refractivity contribution is 7.11. The summed E-state index contributed by atoms with van der Waals surface area (Å²) < 4.78 is 15.3. The Hall–Kier alpha value is -3.56. The third-order valence-electron chi connectivity index (χ3n) is 6.80. The molecule has 35 heavy (non-hydrogen) atoms. The van der Waals surface area contributed by atoms with Crippen molar-refractivity contribution in [3.63, 3.8) is 0 Å². The SMILES string of the molecule is O=C(c1nccs1)N1CC[C@H](NC2CN(C(=O)c3cccc4c3ccn4-c3ccc(F)cc3)C2)C1. The van der Waals surface area contributed by atoms with Gasteiger partial charge in [-0.1, -0.05) is 6.07 Å². The van der Waals surface area contributed by atoms with E-state index < -0.39 is 0 Å². The lowest BCUT2D eigenvalue weighted by molar-refractivity contribution is 0.0554. The van der Waals surface area contributed by atoms with Crippen molar-refractivity contribution in [2.24, 2.45) is 0 Å². The fourth-order valence-corrected chi connectivity index (χ4v) is 5.58. The molecule has 0 unspecified atom stereocenters. The first-order valence-corrected chi connectivity index (χ1v) is 12.5. The highest BCUT2D eigenvalue weighted by atomic mass is 32.1. The van der Waals surface area contributed by atoms with Gasteiger partial charge in [-0.25, -0.2) is 9.37 Å². The van der Waals surface area contributed by atoms with Crippen LogP contribution in [0.3, 0.4) is 0 Å². The number of thiazole rings is 1. The topological polar surface area (TPSA) is 70.5 Å². The van der Waals surface area contributed by atoms with Crippen molar-refractivity contribution < 1.29 is 14.0 Å². The Labute approximate surface area is 205 Å². The molecule has 7 nitrogen and oxygen atoms in total. The molecule has 9 heteroatoms. The van der Waals surface area contributed by atoms with Gasteiger partial charge in [0.1, 0.15) is 5.82 Å². The van der Waals surface area contributed by atoms with Gasteiger partial charge >= 0.3 is 0 Å². The molecule has 178 valence electrons. The Balaban J connectivity index is 1.08. The second-order valence-electron chi connectivity index (χ2n) is 9.05. The molecule has 6 rings (SSSR count). The predicted octanol–water partition coefficient (Wildman–Crippen LogP) is 3.55. The van der Waals surface area contributed by atoms with Crippen LogP contribution in [-0.4, -0.2) is 69.4 Å². The van der Waals surface area contributed by atoms with Gasteiger partial charge in [0.15, 0.2) is 5.01 Å². The number of hydrogen-bond donors (Lipinski definition) is 1. The van der Waals surface area contributed by atoms with E-state index in [0.29, 0.717) is 30.2 Å². The molecule has 2 aromatic heterocycles. The zero-order valence-corrected chi connectivity index (χ0v) is 19.7. The van der Waals surface area contributed by atoms with E-state index in [2.05, 4.69) is 10.3 Å². The molecule has 2 saturated heterocycles. The number of halogens is 1. The molecule has 2 aliphatic rings. The Morgan fingerprint density at radius 2 is 1.77 bits per heavy atom. The van der Waals surface area contributed by atoms with Crippen molar-refractivity contribution in [3.05, 3.63) is 82.7 Å². The first kappa shape index (κ1) is 21.9. The molecular formula is C26H24FN5O2S. The van der Waals surface area contributed by atoms with Crippen LogP contribution in [0.5, 0.6) is 0 Å². The van der Waals surface area contributed by atoms with E-state index in [9.17, 15) is 14.0 Å². The number of nitrogens with zero attached hydrogens (tertiary/aromatic N) is 4. The lowest BCUT2D eigenvalue weighted by Gasteiger charge is -2.41. The number of amides is 2. The van der Waals surface area contributed by atoms with Crippen molar-refractivity contribution in [1.82, 2.24) is 24.7 Å². The van der Waals surface area contributed by atoms with Gasteiger partial charge in [-0.05, 0) is 48.9 Å². The lowest BCUT2D eigenvalue weighted by Crippen LogP contribution is -2.62. The van der Waals surface area contributed by atoms with Crippen LogP contribution >= 0.6 is 11.3 Å². The fraction of sp³-hybridized carbons (Fsp3) is 0.269. The standard InChI is InChI=1S/C26H24FN5O2S/c27-17-4-6-20(7-5-17)32-12-9-21-22(2-1-3-23(21)32)25(33)31-15-19(16-31)29-18-8-11-30(14-18)26(34)24-28-10-13-35-24/h1-7,9-10,12-13,18-19,29H,8,11,14-16H2/t18-/m0/s1. The average Bonchev–Trinajstić information content (AvgIpc) is 3.61. The zero-order valence-electron chi connectivity index (χ0n) is 18.9. The molecule has 4 aromatic rings. The normalized spacial score (nSPS) is 18.3. The van der Waals surface area contributed by atoms with Crippen LogP contribution in [0.25, 0.3) is 16.6 Å². The van der Waals surface area contributed by atoms with Crippen LogP contribution in [0.4, 0.5) is 4.39 Å². The second-order valence-corrected chi connectivity index (χ2v) is 9.94. The van der Waals surface area contributed by atoms with Crippen LogP contribution in [0.15, 0.2) is 66.3 Å². The van der Waals surface area contributed by atoms with Crippen molar-refractivity contribution in [3.8, 4) is 5.69 Å². The number of hydrogen-bond acceptors (Lipinski definition) is 5. The maximum atomic E-state index is 13.3. The number of benzene rings is 2. The van der Waals surface area contributed by atoms with Gasteiger partial charge in [0, 0.05) is 72.7 Å². The van der Waals surface area contributed by atoms with Gasteiger partial charge < -0.3 is 19.7 Å². The number of nitrogens with one attached hydrogen (secondary N) is 1. The minimum atomic E-state index is -0.279. The zero-order chi connectivity index (χ0) is 23.9. The summed E-state index contributed by atoms with van der Waals surface area (Å²) in [4.78, 5) is 33.6.